The van der Waals surface area contributed by atoms with Crippen molar-refractivity contribution in [2.45, 2.75) is 37.0 Å². The molecule has 3 aliphatic rings. The van der Waals surface area contributed by atoms with Crippen LogP contribution in [-0.2, 0) is 27.7 Å². The summed E-state index contributed by atoms with van der Waals surface area (Å²) >= 11 is 0. The lowest BCUT2D eigenvalue weighted by molar-refractivity contribution is -0.126. The van der Waals surface area contributed by atoms with Gasteiger partial charge in [0.25, 0.3) is 0 Å². The van der Waals surface area contributed by atoms with Crippen molar-refractivity contribution >= 4 is 21.6 Å². The Morgan fingerprint density at radius 1 is 0.886 bits per heavy atom. The van der Waals surface area contributed by atoms with Crippen LogP contribution in [0, 0.1) is 5.92 Å². The lowest BCUT2D eigenvalue weighted by atomic mass is 9.97. The SMILES string of the molecule is O=C(NCCN1CCN(c2ccccc2)CC1)C1CCN(S(=O)(=O)c2ccc3c(c2)CCC3)CC1. The number of rotatable bonds is 7. The Labute approximate surface area is 209 Å². The molecule has 0 spiro atoms. The van der Waals surface area contributed by atoms with E-state index in [4.69, 9.17) is 0 Å². The first-order valence-corrected chi connectivity index (χ1v) is 14.4. The Morgan fingerprint density at radius 3 is 2.34 bits per heavy atom. The predicted molar refractivity (Wildman–Crippen MR) is 138 cm³/mol. The van der Waals surface area contributed by atoms with Crippen LogP contribution in [0.3, 0.4) is 0 Å². The average molecular weight is 497 g/mol. The van der Waals surface area contributed by atoms with E-state index in [-0.39, 0.29) is 11.8 Å². The van der Waals surface area contributed by atoms with Crippen LogP contribution in [-0.4, -0.2) is 75.9 Å². The van der Waals surface area contributed by atoms with Crippen molar-refractivity contribution < 1.29 is 13.2 Å². The van der Waals surface area contributed by atoms with Crippen molar-refractivity contribution in [3.05, 3.63) is 59.7 Å². The Bertz CT molecular complexity index is 1120. The molecule has 0 radical (unpaired) electrons. The highest BCUT2D eigenvalue weighted by Crippen LogP contribution is 2.28. The third-order valence-corrected chi connectivity index (χ3v) is 9.65. The molecule has 2 aromatic rings. The fourth-order valence-electron chi connectivity index (χ4n) is 5.57. The quantitative estimate of drug-likeness (QED) is 0.638. The standard InChI is InChI=1S/C27H36N4O3S/c32-27(28-13-16-29-17-19-30(20-18-29)25-7-2-1-3-8-25)23-11-14-31(15-12-23)35(33,34)26-10-9-22-5-4-6-24(22)21-26/h1-3,7-10,21,23H,4-6,11-20H2,(H,28,32). The lowest BCUT2D eigenvalue weighted by Crippen LogP contribution is -2.49. The number of para-hydroxylation sites is 1. The fourth-order valence-corrected chi connectivity index (χ4v) is 7.09. The van der Waals surface area contributed by atoms with Crippen molar-refractivity contribution in [2.24, 2.45) is 5.92 Å². The molecule has 0 saturated carbocycles. The molecule has 1 N–H and O–H groups in total. The molecular formula is C27H36N4O3S. The maximum atomic E-state index is 13.1. The van der Waals surface area contributed by atoms with Crippen LogP contribution in [0.5, 0.6) is 0 Å². The Morgan fingerprint density at radius 2 is 1.60 bits per heavy atom. The number of amides is 1. The number of sulfonamides is 1. The molecule has 7 nitrogen and oxygen atoms in total. The normalized spacial score (nSPS) is 20.1. The van der Waals surface area contributed by atoms with Gasteiger partial charge in [0.15, 0.2) is 0 Å². The first-order valence-electron chi connectivity index (χ1n) is 12.9. The van der Waals surface area contributed by atoms with E-state index in [2.05, 4.69) is 39.4 Å². The van der Waals surface area contributed by atoms with Crippen molar-refractivity contribution in [3.63, 3.8) is 0 Å². The van der Waals surface area contributed by atoms with Gasteiger partial charge in [0, 0.05) is 64.0 Å². The van der Waals surface area contributed by atoms with E-state index in [0.29, 0.717) is 37.4 Å². The van der Waals surface area contributed by atoms with Gasteiger partial charge in [0.1, 0.15) is 0 Å². The number of nitrogens with zero attached hydrogens (tertiary/aromatic N) is 3. The number of hydrogen-bond donors (Lipinski definition) is 1. The van der Waals surface area contributed by atoms with Crippen molar-refractivity contribution in [1.82, 2.24) is 14.5 Å². The fraction of sp³-hybridized carbons (Fsp3) is 0.519. The largest absolute Gasteiger partial charge is 0.369 e. The average Bonchev–Trinajstić information content (AvgIpc) is 3.38. The van der Waals surface area contributed by atoms with Crippen LogP contribution < -0.4 is 10.2 Å². The lowest BCUT2D eigenvalue weighted by Gasteiger charge is -2.36. The topological polar surface area (TPSA) is 73.0 Å². The summed E-state index contributed by atoms with van der Waals surface area (Å²) in [6.45, 7) is 6.26. The molecule has 0 aromatic heterocycles. The summed E-state index contributed by atoms with van der Waals surface area (Å²) < 4.78 is 27.8. The monoisotopic (exact) mass is 496 g/mol. The number of hydrogen-bond acceptors (Lipinski definition) is 5. The molecule has 2 heterocycles. The van der Waals surface area contributed by atoms with Crippen LogP contribution in [0.15, 0.2) is 53.4 Å². The van der Waals surface area contributed by atoms with Gasteiger partial charge < -0.3 is 10.2 Å². The second-order valence-electron chi connectivity index (χ2n) is 9.92. The van der Waals surface area contributed by atoms with Gasteiger partial charge in [-0.15, -0.1) is 0 Å². The van der Waals surface area contributed by atoms with Crippen LogP contribution in [0.1, 0.15) is 30.4 Å². The zero-order valence-corrected chi connectivity index (χ0v) is 21.2. The summed E-state index contributed by atoms with van der Waals surface area (Å²) in [7, 11) is -3.50. The molecule has 2 fully saturated rings. The van der Waals surface area contributed by atoms with Crippen LogP contribution in [0.25, 0.3) is 0 Å². The van der Waals surface area contributed by atoms with E-state index in [1.807, 2.05) is 18.2 Å². The summed E-state index contributed by atoms with van der Waals surface area (Å²) in [5.74, 6) is -0.0566. The first-order chi connectivity index (χ1) is 17.0. The van der Waals surface area contributed by atoms with Crippen LogP contribution >= 0.6 is 0 Å². The third kappa shape index (κ3) is 5.55. The van der Waals surface area contributed by atoms with Crippen LogP contribution in [0.4, 0.5) is 5.69 Å². The van der Waals surface area contributed by atoms with Gasteiger partial charge in [-0.1, -0.05) is 24.3 Å². The highest BCUT2D eigenvalue weighted by Gasteiger charge is 2.32. The molecule has 5 rings (SSSR count). The number of piperazine rings is 1. The number of aryl methyl sites for hydroxylation is 2. The zero-order valence-electron chi connectivity index (χ0n) is 20.4. The minimum atomic E-state index is -3.50. The number of piperidine rings is 1. The number of benzene rings is 2. The molecule has 2 aromatic carbocycles. The molecule has 1 aliphatic carbocycles. The second kappa shape index (κ2) is 10.7. The highest BCUT2D eigenvalue weighted by molar-refractivity contribution is 7.89. The summed E-state index contributed by atoms with van der Waals surface area (Å²) in [6, 6.07) is 16.1. The van der Waals surface area contributed by atoms with E-state index in [0.717, 1.165) is 52.0 Å². The minimum absolute atomic E-state index is 0.0579. The smallest absolute Gasteiger partial charge is 0.243 e. The van der Waals surface area contributed by atoms with Gasteiger partial charge in [-0.05, 0) is 67.5 Å². The maximum absolute atomic E-state index is 13.1. The third-order valence-electron chi connectivity index (χ3n) is 7.75. The molecular weight excluding hydrogens is 460 g/mol. The zero-order chi connectivity index (χ0) is 24.3. The van der Waals surface area contributed by atoms with Crippen LogP contribution in [0.2, 0.25) is 0 Å². The van der Waals surface area contributed by atoms with E-state index in [1.165, 1.54) is 16.8 Å². The molecule has 0 unspecified atom stereocenters. The predicted octanol–water partition coefficient (Wildman–Crippen LogP) is 2.51. The first kappa shape index (κ1) is 24.3. The van der Waals surface area contributed by atoms with E-state index in [9.17, 15) is 13.2 Å². The summed E-state index contributed by atoms with van der Waals surface area (Å²) in [4.78, 5) is 17.9. The van der Waals surface area contributed by atoms with Gasteiger partial charge in [0.2, 0.25) is 15.9 Å². The highest BCUT2D eigenvalue weighted by atomic mass is 32.2. The van der Waals surface area contributed by atoms with Crippen molar-refractivity contribution in [3.8, 4) is 0 Å². The Balaban J connectivity index is 1.04. The molecule has 188 valence electrons. The number of fused-ring (bicyclic) bond motifs is 1. The van der Waals surface area contributed by atoms with Crippen molar-refractivity contribution in [1.29, 1.82) is 0 Å². The minimum Gasteiger partial charge on any atom is -0.369 e. The number of nitrogens with one attached hydrogen (secondary N) is 1. The number of carbonyl (C=O) groups is 1. The molecule has 0 atom stereocenters. The molecule has 2 saturated heterocycles. The summed E-state index contributed by atoms with van der Waals surface area (Å²) in [5.41, 5.74) is 3.71. The summed E-state index contributed by atoms with van der Waals surface area (Å²) in [5, 5.41) is 3.09. The molecule has 0 bridgehead atoms. The van der Waals surface area contributed by atoms with Crippen molar-refractivity contribution in [2.75, 3.05) is 57.3 Å². The second-order valence-corrected chi connectivity index (χ2v) is 11.9. The van der Waals surface area contributed by atoms with E-state index >= 15 is 0 Å². The number of carbonyl (C=O) groups excluding carboxylic acids is 1. The molecule has 1 amide bonds. The Hall–Kier alpha value is -2.42. The Kier molecular flexibility index (Phi) is 7.41. The van der Waals surface area contributed by atoms with Gasteiger partial charge >= 0.3 is 0 Å². The maximum Gasteiger partial charge on any atom is 0.243 e. The molecule has 35 heavy (non-hydrogen) atoms. The van der Waals surface area contributed by atoms with E-state index < -0.39 is 10.0 Å². The molecule has 8 heteroatoms. The van der Waals surface area contributed by atoms with Gasteiger partial charge in [-0.3, -0.25) is 9.69 Å². The molecule has 2 aliphatic heterocycles. The van der Waals surface area contributed by atoms with Gasteiger partial charge in [-0.25, -0.2) is 8.42 Å². The van der Waals surface area contributed by atoms with Gasteiger partial charge in [0.05, 0.1) is 4.90 Å². The summed E-state index contributed by atoms with van der Waals surface area (Å²) in [6.07, 6.45) is 4.25. The number of anilines is 1. The van der Waals surface area contributed by atoms with E-state index in [1.54, 1.807) is 10.4 Å². The van der Waals surface area contributed by atoms with Gasteiger partial charge in [-0.2, -0.15) is 4.31 Å².